The summed E-state index contributed by atoms with van der Waals surface area (Å²) in [6.45, 7) is 4.32. The van der Waals surface area contributed by atoms with Gasteiger partial charge in [0.1, 0.15) is 0 Å². The predicted octanol–water partition coefficient (Wildman–Crippen LogP) is 3.08. The van der Waals surface area contributed by atoms with Crippen molar-refractivity contribution in [1.82, 2.24) is 0 Å². The van der Waals surface area contributed by atoms with Crippen LogP contribution in [0, 0.1) is 0 Å². The second kappa shape index (κ2) is 5.55. The van der Waals surface area contributed by atoms with Crippen LogP contribution in [-0.2, 0) is 11.2 Å². The third kappa shape index (κ3) is 2.51. The molecule has 0 aliphatic carbocycles. The lowest BCUT2D eigenvalue weighted by Crippen LogP contribution is -2.47. The van der Waals surface area contributed by atoms with Gasteiger partial charge in [0.15, 0.2) is 0 Å². The van der Waals surface area contributed by atoms with Gasteiger partial charge in [0.2, 0.25) is 0 Å². The number of anilines is 1. The van der Waals surface area contributed by atoms with Gasteiger partial charge >= 0.3 is 0 Å². The Morgan fingerprint density at radius 3 is 2.41 bits per heavy atom. The molecular formula is C18H20N2O2. The molecule has 0 saturated carbocycles. The van der Waals surface area contributed by atoms with Crippen LogP contribution in [0.15, 0.2) is 42.5 Å². The molecule has 1 aliphatic heterocycles. The van der Waals surface area contributed by atoms with Crippen molar-refractivity contribution >= 4 is 11.6 Å². The van der Waals surface area contributed by atoms with E-state index in [1.54, 1.807) is 0 Å². The van der Waals surface area contributed by atoms with Gasteiger partial charge in [0.25, 0.3) is 5.91 Å². The number of rotatable bonds is 2. The van der Waals surface area contributed by atoms with Gasteiger partial charge in [0.05, 0.1) is 11.7 Å². The maximum absolute atomic E-state index is 11.8. The van der Waals surface area contributed by atoms with E-state index >= 15 is 0 Å². The molecule has 1 unspecified atom stereocenters. The van der Waals surface area contributed by atoms with E-state index in [-0.39, 0.29) is 0 Å². The highest BCUT2D eigenvalue weighted by molar-refractivity contribution is 5.98. The summed E-state index contributed by atoms with van der Waals surface area (Å²) < 4.78 is 0. The van der Waals surface area contributed by atoms with E-state index in [9.17, 15) is 10.0 Å². The van der Waals surface area contributed by atoms with Crippen molar-refractivity contribution in [2.45, 2.75) is 32.2 Å². The maximum atomic E-state index is 11.8. The van der Waals surface area contributed by atoms with Crippen molar-refractivity contribution in [3.63, 3.8) is 0 Å². The molecule has 1 aliphatic rings. The van der Waals surface area contributed by atoms with Crippen LogP contribution in [-0.4, -0.2) is 17.2 Å². The zero-order valence-corrected chi connectivity index (χ0v) is 12.8. The Balaban J connectivity index is 1.98. The van der Waals surface area contributed by atoms with E-state index in [1.807, 2.05) is 18.2 Å². The normalized spacial score (nSPS) is 17.8. The van der Waals surface area contributed by atoms with E-state index in [2.05, 4.69) is 38.1 Å². The molecule has 1 atom stereocenters. The maximum Gasteiger partial charge on any atom is 0.267 e. The summed E-state index contributed by atoms with van der Waals surface area (Å²) in [7, 11) is 0. The topological polar surface area (TPSA) is 66.6 Å². The van der Waals surface area contributed by atoms with Crippen LogP contribution in [0.25, 0.3) is 11.1 Å². The summed E-state index contributed by atoms with van der Waals surface area (Å²) in [5.74, 6) is 0.0319. The SMILES string of the molecule is CC(C)c1ccc(-c2ccc3c(c2)N(O)C(=O)C(N)C3)cc1. The average Bonchev–Trinajstić information content (AvgIpc) is 2.52. The molecule has 3 N–H and O–H groups in total. The van der Waals surface area contributed by atoms with Crippen LogP contribution >= 0.6 is 0 Å². The van der Waals surface area contributed by atoms with Crippen molar-refractivity contribution in [3.05, 3.63) is 53.6 Å². The molecule has 0 fully saturated rings. The first-order valence-electron chi connectivity index (χ1n) is 7.49. The van der Waals surface area contributed by atoms with Crippen LogP contribution in [0.5, 0.6) is 0 Å². The van der Waals surface area contributed by atoms with Crippen molar-refractivity contribution < 1.29 is 10.0 Å². The summed E-state index contributed by atoms with van der Waals surface area (Å²) >= 11 is 0. The predicted molar refractivity (Wildman–Crippen MR) is 86.9 cm³/mol. The number of benzene rings is 2. The molecule has 1 amide bonds. The van der Waals surface area contributed by atoms with E-state index in [0.29, 0.717) is 23.1 Å². The molecule has 2 aromatic rings. The van der Waals surface area contributed by atoms with Gasteiger partial charge in [-0.1, -0.05) is 50.2 Å². The van der Waals surface area contributed by atoms with Crippen LogP contribution in [0.3, 0.4) is 0 Å². The first-order valence-corrected chi connectivity index (χ1v) is 7.49. The molecule has 3 rings (SSSR count). The van der Waals surface area contributed by atoms with Crippen LogP contribution in [0.4, 0.5) is 5.69 Å². The van der Waals surface area contributed by atoms with Gasteiger partial charge < -0.3 is 5.73 Å². The fourth-order valence-corrected chi connectivity index (χ4v) is 2.77. The Bertz CT molecular complexity index is 708. The summed E-state index contributed by atoms with van der Waals surface area (Å²) in [5.41, 5.74) is 10.4. The second-order valence-electron chi connectivity index (χ2n) is 6.08. The summed E-state index contributed by atoms with van der Waals surface area (Å²) in [4.78, 5) is 11.8. The van der Waals surface area contributed by atoms with Crippen molar-refractivity contribution in [1.29, 1.82) is 0 Å². The third-order valence-electron chi connectivity index (χ3n) is 4.19. The molecule has 0 saturated heterocycles. The lowest BCUT2D eigenvalue weighted by molar-refractivity contribution is -0.125. The number of hydrogen-bond donors (Lipinski definition) is 2. The number of nitrogens with two attached hydrogens (primary N) is 1. The molecule has 4 nitrogen and oxygen atoms in total. The van der Waals surface area contributed by atoms with Crippen molar-refractivity contribution in [3.8, 4) is 11.1 Å². The minimum atomic E-state index is -0.673. The Labute approximate surface area is 130 Å². The number of carbonyl (C=O) groups is 1. The number of nitrogens with zero attached hydrogens (tertiary/aromatic N) is 1. The second-order valence-corrected chi connectivity index (χ2v) is 6.08. The fourth-order valence-electron chi connectivity index (χ4n) is 2.77. The molecular weight excluding hydrogens is 276 g/mol. The summed E-state index contributed by atoms with van der Waals surface area (Å²) in [5, 5.41) is 10.7. The zero-order valence-electron chi connectivity index (χ0n) is 12.8. The highest BCUT2D eigenvalue weighted by Crippen LogP contribution is 2.32. The molecule has 0 aromatic heterocycles. The highest BCUT2D eigenvalue weighted by atomic mass is 16.5. The molecule has 1 heterocycles. The molecule has 0 radical (unpaired) electrons. The van der Waals surface area contributed by atoms with Crippen LogP contribution < -0.4 is 10.8 Å². The largest absolute Gasteiger partial charge is 0.320 e. The van der Waals surface area contributed by atoms with Gasteiger partial charge in [-0.25, -0.2) is 0 Å². The average molecular weight is 296 g/mol. The molecule has 0 spiro atoms. The number of amides is 1. The van der Waals surface area contributed by atoms with E-state index in [0.717, 1.165) is 16.7 Å². The first kappa shape index (κ1) is 14.8. The van der Waals surface area contributed by atoms with E-state index in [4.69, 9.17) is 5.73 Å². The fraction of sp³-hybridized carbons (Fsp3) is 0.278. The Hall–Kier alpha value is -2.17. The minimum Gasteiger partial charge on any atom is -0.320 e. The Kier molecular flexibility index (Phi) is 3.72. The standard InChI is InChI=1S/C18H20N2O2/c1-11(2)12-3-5-13(6-4-12)14-7-8-15-9-16(19)18(21)20(22)17(15)10-14/h3-8,10-11,16,22H,9,19H2,1-2H3. The lowest BCUT2D eigenvalue weighted by atomic mass is 9.94. The number of carbonyl (C=O) groups excluding carboxylic acids is 1. The van der Waals surface area contributed by atoms with E-state index in [1.165, 1.54) is 5.56 Å². The molecule has 22 heavy (non-hydrogen) atoms. The highest BCUT2D eigenvalue weighted by Gasteiger charge is 2.29. The Morgan fingerprint density at radius 2 is 1.77 bits per heavy atom. The van der Waals surface area contributed by atoms with Gasteiger partial charge in [-0.2, -0.15) is 5.06 Å². The van der Waals surface area contributed by atoms with Crippen molar-refractivity contribution in [2.24, 2.45) is 5.73 Å². The minimum absolute atomic E-state index is 0.456. The van der Waals surface area contributed by atoms with Gasteiger partial charge in [-0.05, 0) is 40.7 Å². The smallest absolute Gasteiger partial charge is 0.267 e. The molecule has 114 valence electrons. The monoisotopic (exact) mass is 296 g/mol. The van der Waals surface area contributed by atoms with E-state index < -0.39 is 11.9 Å². The van der Waals surface area contributed by atoms with Gasteiger partial charge in [-0.15, -0.1) is 0 Å². The number of fused-ring (bicyclic) bond motifs is 1. The lowest BCUT2D eigenvalue weighted by Gasteiger charge is -2.28. The molecule has 4 heteroatoms. The first-order chi connectivity index (χ1) is 10.5. The number of hydrogen-bond acceptors (Lipinski definition) is 3. The number of hydroxylamine groups is 1. The summed E-state index contributed by atoms with van der Waals surface area (Å²) in [6.07, 6.45) is 0.456. The van der Waals surface area contributed by atoms with Crippen molar-refractivity contribution in [2.75, 3.05) is 5.06 Å². The van der Waals surface area contributed by atoms with Crippen LogP contribution in [0.1, 0.15) is 30.9 Å². The summed E-state index contributed by atoms with van der Waals surface area (Å²) in [6, 6.07) is 13.4. The van der Waals surface area contributed by atoms with Crippen LogP contribution in [0.2, 0.25) is 0 Å². The molecule has 0 bridgehead atoms. The molecule has 2 aromatic carbocycles. The third-order valence-corrected chi connectivity index (χ3v) is 4.19. The van der Waals surface area contributed by atoms with Gasteiger partial charge in [-0.3, -0.25) is 10.0 Å². The zero-order chi connectivity index (χ0) is 15.9. The quantitative estimate of drug-likeness (QED) is 0.837. The Morgan fingerprint density at radius 1 is 1.14 bits per heavy atom. The van der Waals surface area contributed by atoms with Gasteiger partial charge in [0, 0.05) is 0 Å².